The monoisotopic (exact) mass is 267 g/mol. The van der Waals surface area contributed by atoms with Gasteiger partial charge in [-0.25, -0.2) is 0 Å². The first-order valence-corrected chi connectivity index (χ1v) is 5.25. The highest BCUT2D eigenvalue weighted by molar-refractivity contribution is 9.10. The van der Waals surface area contributed by atoms with E-state index in [1.807, 2.05) is 25.1 Å². The van der Waals surface area contributed by atoms with E-state index in [2.05, 4.69) is 31.5 Å². The largest absolute Gasteiger partial charge is 0.324 e. The van der Waals surface area contributed by atoms with Gasteiger partial charge in [-0.2, -0.15) is 4.68 Å². The van der Waals surface area contributed by atoms with Gasteiger partial charge in [-0.1, -0.05) is 15.9 Å². The van der Waals surface area contributed by atoms with Crippen LogP contribution in [0, 0.1) is 6.92 Å². The zero-order chi connectivity index (χ0) is 10.8. The van der Waals surface area contributed by atoms with Gasteiger partial charge in [0.15, 0.2) is 5.82 Å². The van der Waals surface area contributed by atoms with E-state index >= 15 is 0 Å². The molecule has 0 unspecified atom stereocenters. The fourth-order valence-corrected chi connectivity index (χ4v) is 1.85. The Morgan fingerprint density at radius 2 is 2.27 bits per heavy atom. The summed E-state index contributed by atoms with van der Waals surface area (Å²) in [7, 11) is 0. The Kier molecular flexibility index (Phi) is 2.79. The molecule has 2 aromatic rings. The predicted molar refractivity (Wildman–Crippen MR) is 59.5 cm³/mol. The lowest BCUT2D eigenvalue weighted by molar-refractivity contribution is 0.757. The molecule has 5 nitrogen and oxygen atoms in total. The number of nitrogens with two attached hydrogens (primary N) is 1. The van der Waals surface area contributed by atoms with Gasteiger partial charge in [-0.05, 0) is 41.1 Å². The standard InChI is InChI=1S/C9H10BrN5/c1-6-4-7(10)2-3-8(6)15-9(5-11)12-13-14-15/h2-4H,5,11H2,1H3. The Morgan fingerprint density at radius 3 is 2.93 bits per heavy atom. The van der Waals surface area contributed by atoms with Crippen molar-refractivity contribution in [3.05, 3.63) is 34.1 Å². The molecule has 0 aliphatic heterocycles. The molecular weight excluding hydrogens is 258 g/mol. The van der Waals surface area contributed by atoms with E-state index in [4.69, 9.17) is 5.73 Å². The third-order valence-electron chi connectivity index (χ3n) is 2.10. The van der Waals surface area contributed by atoms with E-state index in [9.17, 15) is 0 Å². The van der Waals surface area contributed by atoms with Crippen molar-refractivity contribution in [1.82, 2.24) is 20.2 Å². The maximum absolute atomic E-state index is 5.54. The van der Waals surface area contributed by atoms with Crippen LogP contribution in [-0.4, -0.2) is 20.2 Å². The average molecular weight is 268 g/mol. The summed E-state index contributed by atoms with van der Waals surface area (Å²) in [4.78, 5) is 0. The number of hydrogen-bond donors (Lipinski definition) is 1. The SMILES string of the molecule is Cc1cc(Br)ccc1-n1nnnc1CN. The Labute approximate surface area is 95.4 Å². The van der Waals surface area contributed by atoms with Crippen molar-refractivity contribution in [2.75, 3.05) is 0 Å². The molecule has 15 heavy (non-hydrogen) atoms. The number of aromatic nitrogens is 4. The molecule has 1 heterocycles. The molecule has 0 fully saturated rings. The maximum Gasteiger partial charge on any atom is 0.170 e. The fraction of sp³-hybridized carbons (Fsp3) is 0.222. The van der Waals surface area contributed by atoms with Gasteiger partial charge in [0.1, 0.15) is 0 Å². The molecule has 1 aromatic carbocycles. The van der Waals surface area contributed by atoms with Crippen LogP contribution in [0.4, 0.5) is 0 Å². The number of aryl methyl sites for hydroxylation is 1. The number of nitrogens with zero attached hydrogens (tertiary/aromatic N) is 4. The lowest BCUT2D eigenvalue weighted by atomic mass is 10.2. The molecule has 0 aliphatic carbocycles. The summed E-state index contributed by atoms with van der Waals surface area (Å²) < 4.78 is 2.69. The summed E-state index contributed by atoms with van der Waals surface area (Å²) in [5, 5.41) is 11.4. The third kappa shape index (κ3) is 1.91. The Morgan fingerprint density at radius 1 is 1.47 bits per heavy atom. The minimum Gasteiger partial charge on any atom is -0.324 e. The van der Waals surface area contributed by atoms with Gasteiger partial charge in [0, 0.05) is 4.47 Å². The number of benzene rings is 1. The van der Waals surface area contributed by atoms with Crippen LogP contribution in [0.15, 0.2) is 22.7 Å². The van der Waals surface area contributed by atoms with Gasteiger partial charge in [0.25, 0.3) is 0 Å². The van der Waals surface area contributed by atoms with Crippen molar-refractivity contribution >= 4 is 15.9 Å². The van der Waals surface area contributed by atoms with E-state index in [1.165, 1.54) is 0 Å². The van der Waals surface area contributed by atoms with Crippen LogP contribution in [0.3, 0.4) is 0 Å². The highest BCUT2D eigenvalue weighted by atomic mass is 79.9. The summed E-state index contributed by atoms with van der Waals surface area (Å²) in [6, 6.07) is 5.91. The van der Waals surface area contributed by atoms with Gasteiger partial charge in [0.2, 0.25) is 0 Å². The van der Waals surface area contributed by atoms with Crippen molar-refractivity contribution in [3.8, 4) is 5.69 Å². The van der Waals surface area contributed by atoms with Crippen LogP contribution in [0.25, 0.3) is 5.69 Å². The van der Waals surface area contributed by atoms with Crippen molar-refractivity contribution in [3.63, 3.8) is 0 Å². The highest BCUT2D eigenvalue weighted by Gasteiger charge is 2.08. The predicted octanol–water partition coefficient (Wildman–Crippen LogP) is 1.19. The van der Waals surface area contributed by atoms with Crippen LogP contribution in [0.2, 0.25) is 0 Å². The second-order valence-corrected chi connectivity index (χ2v) is 4.06. The third-order valence-corrected chi connectivity index (χ3v) is 2.60. The lowest BCUT2D eigenvalue weighted by Gasteiger charge is -2.06. The molecule has 0 spiro atoms. The van der Waals surface area contributed by atoms with Gasteiger partial charge < -0.3 is 5.73 Å². The van der Waals surface area contributed by atoms with Crippen LogP contribution >= 0.6 is 15.9 Å². The topological polar surface area (TPSA) is 69.6 Å². The zero-order valence-electron chi connectivity index (χ0n) is 8.18. The first kappa shape index (κ1) is 10.3. The molecule has 0 saturated heterocycles. The maximum atomic E-state index is 5.54. The second kappa shape index (κ2) is 4.08. The Balaban J connectivity index is 2.54. The average Bonchev–Trinajstić information content (AvgIpc) is 2.65. The van der Waals surface area contributed by atoms with E-state index < -0.39 is 0 Å². The summed E-state index contributed by atoms with van der Waals surface area (Å²) in [6.07, 6.45) is 0. The van der Waals surface area contributed by atoms with Gasteiger partial charge in [0.05, 0.1) is 12.2 Å². The summed E-state index contributed by atoms with van der Waals surface area (Å²) in [5.74, 6) is 0.653. The zero-order valence-corrected chi connectivity index (χ0v) is 9.77. The smallest absolute Gasteiger partial charge is 0.170 e. The highest BCUT2D eigenvalue weighted by Crippen LogP contribution is 2.19. The van der Waals surface area contributed by atoms with Crippen molar-refractivity contribution in [2.45, 2.75) is 13.5 Å². The molecule has 0 bridgehead atoms. The molecule has 0 radical (unpaired) electrons. The molecule has 2 rings (SSSR count). The van der Waals surface area contributed by atoms with Crippen LogP contribution < -0.4 is 5.73 Å². The minimum absolute atomic E-state index is 0.322. The molecule has 0 saturated carbocycles. The molecular formula is C9H10BrN5. The first-order valence-electron chi connectivity index (χ1n) is 4.46. The van der Waals surface area contributed by atoms with Gasteiger partial charge in [-0.3, -0.25) is 0 Å². The molecule has 1 aromatic heterocycles. The quantitative estimate of drug-likeness (QED) is 0.888. The molecule has 0 aliphatic rings. The normalized spacial score (nSPS) is 10.6. The van der Waals surface area contributed by atoms with E-state index in [1.54, 1.807) is 4.68 Å². The van der Waals surface area contributed by atoms with E-state index in [-0.39, 0.29) is 0 Å². The fourth-order valence-electron chi connectivity index (χ4n) is 1.38. The summed E-state index contributed by atoms with van der Waals surface area (Å²) in [5.41, 5.74) is 7.58. The van der Waals surface area contributed by atoms with E-state index in [0.717, 1.165) is 15.7 Å². The Hall–Kier alpha value is -1.27. The van der Waals surface area contributed by atoms with Crippen LogP contribution in [-0.2, 0) is 6.54 Å². The summed E-state index contributed by atoms with van der Waals surface area (Å²) >= 11 is 3.41. The number of halogens is 1. The summed E-state index contributed by atoms with van der Waals surface area (Å²) in [6.45, 7) is 2.32. The number of tetrazole rings is 1. The molecule has 2 N–H and O–H groups in total. The Bertz CT molecular complexity index is 479. The van der Waals surface area contributed by atoms with Crippen LogP contribution in [0.1, 0.15) is 11.4 Å². The lowest BCUT2D eigenvalue weighted by Crippen LogP contribution is -2.09. The van der Waals surface area contributed by atoms with Crippen molar-refractivity contribution in [2.24, 2.45) is 5.73 Å². The van der Waals surface area contributed by atoms with Crippen LogP contribution in [0.5, 0.6) is 0 Å². The minimum atomic E-state index is 0.322. The van der Waals surface area contributed by atoms with E-state index in [0.29, 0.717) is 12.4 Å². The molecule has 0 amide bonds. The van der Waals surface area contributed by atoms with Gasteiger partial charge >= 0.3 is 0 Å². The number of hydrogen-bond acceptors (Lipinski definition) is 4. The molecule has 78 valence electrons. The number of rotatable bonds is 2. The molecule has 6 heteroatoms. The van der Waals surface area contributed by atoms with Crippen molar-refractivity contribution in [1.29, 1.82) is 0 Å². The first-order chi connectivity index (χ1) is 7.22. The second-order valence-electron chi connectivity index (χ2n) is 3.14. The van der Waals surface area contributed by atoms with Gasteiger partial charge in [-0.15, -0.1) is 5.10 Å². The van der Waals surface area contributed by atoms with Crippen molar-refractivity contribution < 1.29 is 0 Å². The molecule has 0 atom stereocenters.